The van der Waals surface area contributed by atoms with Crippen LogP contribution >= 0.6 is 0 Å². The van der Waals surface area contributed by atoms with Crippen LogP contribution < -0.4 is 5.73 Å². The molecular weight excluding hydrogens is 216 g/mol. The van der Waals surface area contributed by atoms with Crippen molar-refractivity contribution < 1.29 is 9.90 Å². The first-order chi connectivity index (χ1) is 8.08. The van der Waals surface area contributed by atoms with Crippen LogP contribution in [-0.4, -0.2) is 29.6 Å². The van der Waals surface area contributed by atoms with Crippen LogP contribution in [0.2, 0.25) is 0 Å². The second-order valence-electron chi connectivity index (χ2n) is 4.68. The first kappa shape index (κ1) is 12.1. The average molecular weight is 234 g/mol. The molecular formula is C13H18N2O2. The van der Waals surface area contributed by atoms with E-state index < -0.39 is 12.0 Å². The van der Waals surface area contributed by atoms with Crippen molar-refractivity contribution in [2.24, 2.45) is 5.73 Å². The normalized spacial score (nSPS) is 17.5. The van der Waals surface area contributed by atoms with Gasteiger partial charge in [0.1, 0.15) is 0 Å². The van der Waals surface area contributed by atoms with E-state index in [0.29, 0.717) is 0 Å². The Labute approximate surface area is 101 Å². The minimum atomic E-state index is -0.848. The molecule has 1 unspecified atom stereocenters. The maximum Gasteiger partial charge on any atom is 0.305 e. The van der Waals surface area contributed by atoms with Crippen molar-refractivity contribution in [1.29, 1.82) is 0 Å². The summed E-state index contributed by atoms with van der Waals surface area (Å²) in [5, 5.41) is 8.81. The molecule has 0 aliphatic carbocycles. The molecule has 0 radical (unpaired) electrons. The van der Waals surface area contributed by atoms with E-state index in [4.69, 9.17) is 10.8 Å². The van der Waals surface area contributed by atoms with Crippen molar-refractivity contribution >= 4 is 5.97 Å². The van der Waals surface area contributed by atoms with Crippen LogP contribution in [0, 0.1) is 0 Å². The molecule has 0 saturated heterocycles. The van der Waals surface area contributed by atoms with Gasteiger partial charge in [0.05, 0.1) is 6.42 Å². The molecule has 1 heterocycles. The lowest BCUT2D eigenvalue weighted by Crippen LogP contribution is -2.29. The first-order valence-corrected chi connectivity index (χ1v) is 5.84. The van der Waals surface area contributed by atoms with Crippen molar-refractivity contribution in [3.63, 3.8) is 0 Å². The third kappa shape index (κ3) is 2.65. The summed E-state index contributed by atoms with van der Waals surface area (Å²) >= 11 is 0. The van der Waals surface area contributed by atoms with Gasteiger partial charge < -0.3 is 15.7 Å². The van der Waals surface area contributed by atoms with E-state index in [1.165, 1.54) is 11.1 Å². The van der Waals surface area contributed by atoms with Crippen LogP contribution in [0.1, 0.15) is 29.2 Å². The number of rotatable bonds is 3. The van der Waals surface area contributed by atoms with Gasteiger partial charge in [0.25, 0.3) is 0 Å². The number of hydrogen-bond acceptors (Lipinski definition) is 3. The SMILES string of the molecule is CN1CCc2cccc(C(N)CC(=O)O)c2C1. The maximum atomic E-state index is 10.7. The number of nitrogens with two attached hydrogens (primary N) is 1. The van der Waals surface area contributed by atoms with Crippen LogP contribution in [-0.2, 0) is 17.8 Å². The topological polar surface area (TPSA) is 66.6 Å². The van der Waals surface area contributed by atoms with Gasteiger partial charge in [-0.1, -0.05) is 18.2 Å². The number of aliphatic carboxylic acids is 1. The van der Waals surface area contributed by atoms with Gasteiger partial charge in [-0.2, -0.15) is 0 Å². The Morgan fingerprint density at radius 3 is 3.06 bits per heavy atom. The standard InChI is InChI=1S/C13H18N2O2/c1-15-6-5-9-3-2-4-10(11(9)8-15)12(14)7-13(16)17/h2-4,12H,5-8,14H2,1H3,(H,16,17). The fourth-order valence-electron chi connectivity index (χ4n) is 2.39. The van der Waals surface area contributed by atoms with Gasteiger partial charge in [-0.15, -0.1) is 0 Å². The van der Waals surface area contributed by atoms with Gasteiger partial charge >= 0.3 is 5.97 Å². The molecule has 4 heteroatoms. The summed E-state index contributed by atoms with van der Waals surface area (Å²) in [7, 11) is 2.07. The first-order valence-electron chi connectivity index (χ1n) is 5.84. The van der Waals surface area contributed by atoms with Crippen molar-refractivity contribution in [2.45, 2.75) is 25.4 Å². The lowest BCUT2D eigenvalue weighted by molar-refractivity contribution is -0.137. The lowest BCUT2D eigenvalue weighted by atomic mass is 9.91. The third-order valence-electron chi connectivity index (χ3n) is 3.29. The number of nitrogens with zero attached hydrogens (tertiary/aromatic N) is 1. The van der Waals surface area contributed by atoms with Gasteiger partial charge in [0, 0.05) is 19.1 Å². The molecule has 3 N–H and O–H groups in total. The summed E-state index contributed by atoms with van der Waals surface area (Å²) in [6.45, 7) is 1.91. The van der Waals surface area contributed by atoms with Crippen molar-refractivity contribution in [3.8, 4) is 0 Å². The minimum absolute atomic E-state index is 0.0137. The molecule has 1 aromatic carbocycles. The quantitative estimate of drug-likeness (QED) is 0.823. The Balaban J connectivity index is 2.31. The number of benzene rings is 1. The molecule has 0 amide bonds. The molecule has 0 spiro atoms. The highest BCUT2D eigenvalue weighted by molar-refractivity contribution is 5.68. The molecule has 0 fully saturated rings. The smallest absolute Gasteiger partial charge is 0.305 e. The van der Waals surface area contributed by atoms with E-state index in [1.807, 2.05) is 12.1 Å². The summed E-state index contributed by atoms with van der Waals surface area (Å²) in [6.07, 6.45) is 1.000. The number of carboxylic acids is 1. The van der Waals surface area contributed by atoms with Crippen LogP contribution in [0.3, 0.4) is 0 Å². The molecule has 1 aliphatic rings. The maximum absolute atomic E-state index is 10.7. The molecule has 4 nitrogen and oxygen atoms in total. The number of likely N-dealkylation sites (N-methyl/N-ethyl adjacent to an activating group) is 1. The van der Waals surface area contributed by atoms with Crippen molar-refractivity contribution in [2.75, 3.05) is 13.6 Å². The monoisotopic (exact) mass is 234 g/mol. The Hall–Kier alpha value is -1.39. The third-order valence-corrected chi connectivity index (χ3v) is 3.29. The zero-order valence-corrected chi connectivity index (χ0v) is 10.0. The van der Waals surface area contributed by atoms with Crippen molar-refractivity contribution in [3.05, 3.63) is 34.9 Å². The summed E-state index contributed by atoms with van der Waals surface area (Å²) in [4.78, 5) is 13.0. The van der Waals surface area contributed by atoms with E-state index in [-0.39, 0.29) is 6.42 Å². The molecule has 0 bridgehead atoms. The van der Waals surface area contributed by atoms with E-state index in [2.05, 4.69) is 18.0 Å². The van der Waals surface area contributed by atoms with Gasteiger partial charge in [0.15, 0.2) is 0 Å². The number of carbonyl (C=O) groups is 1. The molecule has 1 aromatic rings. The molecule has 17 heavy (non-hydrogen) atoms. The van der Waals surface area contributed by atoms with Gasteiger partial charge in [0.2, 0.25) is 0 Å². The molecule has 0 saturated carbocycles. The number of carboxylic acid groups (broad SMARTS) is 1. The second-order valence-corrected chi connectivity index (χ2v) is 4.68. The predicted octanol–water partition coefficient (Wildman–Crippen LogP) is 1.15. The van der Waals surface area contributed by atoms with E-state index in [9.17, 15) is 4.79 Å². The lowest BCUT2D eigenvalue weighted by Gasteiger charge is -2.28. The Morgan fingerprint density at radius 2 is 2.35 bits per heavy atom. The highest BCUT2D eigenvalue weighted by Crippen LogP contribution is 2.26. The van der Waals surface area contributed by atoms with Crippen LogP contribution in [0.5, 0.6) is 0 Å². The molecule has 1 atom stereocenters. The zero-order chi connectivity index (χ0) is 12.4. The van der Waals surface area contributed by atoms with E-state index in [0.717, 1.165) is 25.1 Å². The molecule has 2 rings (SSSR count). The van der Waals surface area contributed by atoms with E-state index >= 15 is 0 Å². The van der Waals surface area contributed by atoms with Crippen LogP contribution in [0.25, 0.3) is 0 Å². The van der Waals surface area contributed by atoms with E-state index in [1.54, 1.807) is 0 Å². The molecule has 1 aliphatic heterocycles. The van der Waals surface area contributed by atoms with Crippen LogP contribution in [0.15, 0.2) is 18.2 Å². The van der Waals surface area contributed by atoms with Gasteiger partial charge in [-0.25, -0.2) is 0 Å². The summed E-state index contributed by atoms with van der Waals surface area (Å²) < 4.78 is 0. The van der Waals surface area contributed by atoms with Gasteiger partial charge in [-0.3, -0.25) is 4.79 Å². The van der Waals surface area contributed by atoms with Crippen LogP contribution in [0.4, 0.5) is 0 Å². The fourth-order valence-corrected chi connectivity index (χ4v) is 2.39. The van der Waals surface area contributed by atoms with Crippen molar-refractivity contribution in [1.82, 2.24) is 4.90 Å². The molecule has 92 valence electrons. The Bertz CT molecular complexity index is 431. The Morgan fingerprint density at radius 1 is 1.59 bits per heavy atom. The minimum Gasteiger partial charge on any atom is -0.481 e. The zero-order valence-electron chi connectivity index (χ0n) is 10.0. The second kappa shape index (κ2) is 4.85. The summed E-state index contributed by atoms with van der Waals surface area (Å²) in [6, 6.07) is 5.63. The average Bonchev–Trinajstić information content (AvgIpc) is 2.27. The fraction of sp³-hybridized carbons (Fsp3) is 0.462. The van der Waals surface area contributed by atoms with Gasteiger partial charge in [-0.05, 0) is 30.2 Å². The highest BCUT2D eigenvalue weighted by atomic mass is 16.4. The molecule has 0 aromatic heterocycles. The summed E-state index contributed by atoms with van der Waals surface area (Å²) in [5.74, 6) is -0.848. The summed E-state index contributed by atoms with van der Waals surface area (Å²) in [5.41, 5.74) is 9.47. The predicted molar refractivity (Wildman–Crippen MR) is 65.7 cm³/mol. The number of hydrogen-bond donors (Lipinski definition) is 2. The number of fused-ring (bicyclic) bond motifs is 1. The Kier molecular flexibility index (Phi) is 3.45. The highest BCUT2D eigenvalue weighted by Gasteiger charge is 2.20. The largest absolute Gasteiger partial charge is 0.481 e.